The first-order valence-electron chi connectivity index (χ1n) is 7.66. The van der Waals surface area contributed by atoms with Crippen LogP contribution in [0.3, 0.4) is 0 Å². The van der Waals surface area contributed by atoms with E-state index >= 15 is 0 Å². The molecule has 1 N–H and O–H groups in total. The molecule has 0 saturated carbocycles. The van der Waals surface area contributed by atoms with E-state index in [0.717, 1.165) is 18.2 Å². The molecule has 0 aliphatic heterocycles. The molecule has 146 valence electrons. The van der Waals surface area contributed by atoms with E-state index in [2.05, 4.69) is 17.2 Å². The van der Waals surface area contributed by atoms with Crippen LogP contribution >= 0.6 is 11.6 Å². The molecule has 0 bridgehead atoms. The van der Waals surface area contributed by atoms with Crippen molar-refractivity contribution < 1.29 is 27.6 Å². The predicted octanol–water partition coefficient (Wildman–Crippen LogP) is 4.08. The van der Waals surface area contributed by atoms with Gasteiger partial charge in [-0.3, -0.25) is 14.9 Å². The first-order valence-corrected chi connectivity index (χ1v) is 8.04. The third-order valence-electron chi connectivity index (χ3n) is 3.33. The third-order valence-corrected chi connectivity index (χ3v) is 3.57. The summed E-state index contributed by atoms with van der Waals surface area (Å²) in [6, 6.07) is 7.91. The summed E-state index contributed by atoms with van der Waals surface area (Å²) in [5.41, 5.74) is -1.45. The summed E-state index contributed by atoms with van der Waals surface area (Å²) in [5, 5.41) is 13.5. The van der Waals surface area contributed by atoms with Gasteiger partial charge in [-0.05, 0) is 30.3 Å². The number of nitrogens with one attached hydrogen (secondary N) is 1. The molecule has 0 heterocycles. The lowest BCUT2D eigenvalue weighted by atomic mass is 10.1. The van der Waals surface area contributed by atoms with Crippen molar-refractivity contribution in [1.82, 2.24) is 5.32 Å². The fourth-order valence-electron chi connectivity index (χ4n) is 2.06. The highest BCUT2D eigenvalue weighted by Gasteiger charge is 2.30. The summed E-state index contributed by atoms with van der Waals surface area (Å²) in [4.78, 5) is 22.3. The van der Waals surface area contributed by atoms with E-state index < -0.39 is 28.3 Å². The molecule has 0 aliphatic rings. The second-order valence-electron chi connectivity index (χ2n) is 5.27. The predicted molar refractivity (Wildman–Crippen MR) is 95.2 cm³/mol. The number of hydrogen-bond donors (Lipinski definition) is 1. The van der Waals surface area contributed by atoms with Gasteiger partial charge in [-0.25, -0.2) is 0 Å². The topological polar surface area (TPSA) is 81.5 Å². The Morgan fingerprint density at radius 1 is 1.21 bits per heavy atom. The quantitative estimate of drug-likeness (QED) is 0.456. The van der Waals surface area contributed by atoms with E-state index in [0.29, 0.717) is 0 Å². The number of rotatable bonds is 5. The van der Waals surface area contributed by atoms with Crippen molar-refractivity contribution in [3.05, 3.63) is 68.7 Å². The maximum atomic E-state index is 12.6. The summed E-state index contributed by atoms with van der Waals surface area (Å²) in [5.74, 6) is 4.32. The van der Waals surface area contributed by atoms with Gasteiger partial charge < -0.3 is 10.1 Å². The third kappa shape index (κ3) is 5.89. The Kier molecular flexibility index (Phi) is 6.84. The Hall–Kier alpha value is -3.25. The standard InChI is InChI=1S/C18H12ClF3N2O4/c19-13-6-7-16(24(26)27)15(11-13)17(25)23-8-1-2-9-28-14-5-3-4-12(10-14)18(20,21)22/h3-7,10-11H,8-9H2,(H,23,25). The number of nitrogens with zero attached hydrogens (tertiary/aromatic N) is 1. The van der Waals surface area contributed by atoms with Gasteiger partial charge in [-0.1, -0.05) is 29.5 Å². The minimum atomic E-state index is -4.47. The van der Waals surface area contributed by atoms with Gasteiger partial charge in [0.15, 0.2) is 0 Å². The minimum Gasteiger partial charge on any atom is -0.481 e. The Morgan fingerprint density at radius 3 is 2.64 bits per heavy atom. The first-order chi connectivity index (χ1) is 13.2. The molecule has 0 saturated heterocycles. The van der Waals surface area contributed by atoms with E-state index in [1.165, 1.54) is 24.3 Å². The number of alkyl halides is 3. The normalized spacial score (nSPS) is 10.6. The van der Waals surface area contributed by atoms with Gasteiger partial charge in [0.25, 0.3) is 11.6 Å². The molecule has 2 aromatic carbocycles. The molecule has 0 radical (unpaired) electrons. The van der Waals surface area contributed by atoms with E-state index in [-0.39, 0.29) is 29.5 Å². The Bertz CT molecular complexity index is 952. The van der Waals surface area contributed by atoms with Crippen LogP contribution in [0.2, 0.25) is 5.02 Å². The van der Waals surface area contributed by atoms with Gasteiger partial charge in [0, 0.05) is 11.1 Å². The molecule has 0 aliphatic carbocycles. The lowest BCUT2D eigenvalue weighted by Gasteiger charge is -2.08. The zero-order valence-electron chi connectivity index (χ0n) is 14.0. The largest absolute Gasteiger partial charge is 0.481 e. The van der Waals surface area contributed by atoms with Gasteiger partial charge in [0.1, 0.15) is 17.9 Å². The lowest BCUT2D eigenvalue weighted by Crippen LogP contribution is -2.24. The van der Waals surface area contributed by atoms with Gasteiger partial charge >= 0.3 is 6.18 Å². The molecule has 10 heteroatoms. The van der Waals surface area contributed by atoms with Gasteiger partial charge in [-0.15, -0.1) is 0 Å². The Morgan fingerprint density at radius 2 is 1.96 bits per heavy atom. The molecule has 0 fully saturated rings. The van der Waals surface area contributed by atoms with Gasteiger partial charge in [0.2, 0.25) is 0 Å². The zero-order valence-corrected chi connectivity index (χ0v) is 14.8. The number of nitro benzene ring substituents is 1. The number of nitro groups is 1. The van der Waals surface area contributed by atoms with Crippen LogP contribution in [0.15, 0.2) is 42.5 Å². The lowest BCUT2D eigenvalue weighted by molar-refractivity contribution is -0.385. The van der Waals surface area contributed by atoms with Crippen LogP contribution in [0, 0.1) is 22.0 Å². The van der Waals surface area contributed by atoms with Crippen LogP contribution in [-0.2, 0) is 6.18 Å². The molecule has 6 nitrogen and oxygen atoms in total. The second kappa shape index (κ2) is 9.10. The maximum Gasteiger partial charge on any atom is 0.416 e. The maximum absolute atomic E-state index is 12.6. The summed E-state index contributed by atoms with van der Waals surface area (Å²) in [6.07, 6.45) is -4.47. The highest BCUT2D eigenvalue weighted by molar-refractivity contribution is 6.31. The smallest absolute Gasteiger partial charge is 0.416 e. The number of hydrogen-bond acceptors (Lipinski definition) is 4. The van der Waals surface area contributed by atoms with Crippen molar-refractivity contribution in [3.8, 4) is 17.6 Å². The van der Waals surface area contributed by atoms with Gasteiger partial charge in [-0.2, -0.15) is 13.2 Å². The Balaban J connectivity index is 1.89. The number of carbonyl (C=O) groups excluding carboxylic acids is 1. The fourth-order valence-corrected chi connectivity index (χ4v) is 2.24. The van der Waals surface area contributed by atoms with Crippen LogP contribution in [0.4, 0.5) is 18.9 Å². The molecule has 0 unspecified atom stereocenters. The minimum absolute atomic E-state index is 0.00251. The molecule has 1 amide bonds. The summed E-state index contributed by atoms with van der Waals surface area (Å²) in [6.45, 7) is -0.344. The first kappa shape index (κ1) is 21.1. The fraction of sp³-hybridized carbons (Fsp3) is 0.167. The van der Waals surface area contributed by atoms with Crippen molar-refractivity contribution in [2.75, 3.05) is 13.2 Å². The molecular weight excluding hydrogens is 401 g/mol. The van der Waals surface area contributed by atoms with Crippen molar-refractivity contribution in [1.29, 1.82) is 0 Å². The van der Waals surface area contributed by atoms with Crippen LogP contribution in [0.1, 0.15) is 15.9 Å². The molecule has 0 aromatic heterocycles. The number of amides is 1. The highest BCUT2D eigenvalue weighted by atomic mass is 35.5. The monoisotopic (exact) mass is 412 g/mol. The molecule has 2 rings (SSSR count). The number of benzene rings is 2. The molecule has 2 aromatic rings. The van der Waals surface area contributed by atoms with Crippen LogP contribution in [0.25, 0.3) is 0 Å². The second-order valence-corrected chi connectivity index (χ2v) is 5.71. The van der Waals surface area contributed by atoms with Gasteiger partial charge in [0.05, 0.1) is 17.0 Å². The van der Waals surface area contributed by atoms with E-state index in [1.54, 1.807) is 0 Å². The van der Waals surface area contributed by atoms with Crippen LogP contribution in [-0.4, -0.2) is 24.0 Å². The number of ether oxygens (including phenoxy) is 1. The van der Waals surface area contributed by atoms with Crippen molar-refractivity contribution in [2.24, 2.45) is 0 Å². The van der Waals surface area contributed by atoms with E-state index in [9.17, 15) is 28.1 Å². The van der Waals surface area contributed by atoms with Crippen molar-refractivity contribution >= 4 is 23.2 Å². The zero-order chi connectivity index (χ0) is 20.7. The number of carbonyl (C=O) groups is 1. The average molecular weight is 413 g/mol. The Labute approximate surface area is 162 Å². The summed E-state index contributed by atoms with van der Waals surface area (Å²) in [7, 11) is 0. The molecular formula is C18H12ClF3N2O4. The van der Waals surface area contributed by atoms with Crippen LogP contribution in [0.5, 0.6) is 5.75 Å². The highest BCUT2D eigenvalue weighted by Crippen LogP contribution is 2.31. The summed E-state index contributed by atoms with van der Waals surface area (Å²) < 4.78 is 42.9. The SMILES string of the molecule is O=C(NCC#CCOc1cccc(C(F)(F)F)c1)c1cc(Cl)ccc1[N+](=O)[O-]. The molecule has 0 atom stereocenters. The molecule has 0 spiro atoms. The number of halogens is 4. The van der Waals surface area contributed by atoms with E-state index in [4.69, 9.17) is 16.3 Å². The van der Waals surface area contributed by atoms with Crippen LogP contribution < -0.4 is 10.1 Å². The summed E-state index contributed by atoms with van der Waals surface area (Å²) >= 11 is 5.75. The van der Waals surface area contributed by atoms with E-state index in [1.807, 2.05) is 0 Å². The van der Waals surface area contributed by atoms with Crippen molar-refractivity contribution in [3.63, 3.8) is 0 Å². The average Bonchev–Trinajstić information content (AvgIpc) is 2.63. The molecule has 28 heavy (non-hydrogen) atoms. The van der Waals surface area contributed by atoms with Crippen molar-refractivity contribution in [2.45, 2.75) is 6.18 Å².